The zero-order valence-corrected chi connectivity index (χ0v) is 18.6. The highest BCUT2D eigenvalue weighted by molar-refractivity contribution is 9.10. The molecule has 4 rings (SSSR count). The number of hydrogen-bond donors (Lipinski definition) is 0. The van der Waals surface area contributed by atoms with Crippen molar-refractivity contribution in [2.75, 3.05) is 4.90 Å². The Morgan fingerprint density at radius 3 is 2.31 bits per heavy atom. The first-order valence-corrected chi connectivity index (χ1v) is 10.5. The van der Waals surface area contributed by atoms with Gasteiger partial charge >= 0.3 is 0 Å². The molecule has 144 valence electrons. The molecule has 1 aliphatic heterocycles. The largest absolute Gasteiger partial charge is 0.282 e. The molecule has 1 aliphatic rings. The van der Waals surface area contributed by atoms with E-state index in [1.54, 1.807) is 41.3 Å². The fourth-order valence-corrected chi connectivity index (χ4v) is 3.91. The molecule has 0 fully saturated rings. The van der Waals surface area contributed by atoms with Crippen LogP contribution >= 0.6 is 50.7 Å². The number of nitrogens with zero attached hydrogens (tertiary/aromatic N) is 2. The van der Waals surface area contributed by atoms with E-state index >= 15 is 0 Å². The number of halogens is 4. The number of carbonyl (C=O) groups is 1. The molecular weight excluding hydrogens is 495 g/mol. The Balaban J connectivity index is 1.84. The minimum Gasteiger partial charge on any atom is -0.266 e. The summed E-state index contributed by atoms with van der Waals surface area (Å²) < 4.78 is 0.858. The van der Waals surface area contributed by atoms with Gasteiger partial charge < -0.3 is 0 Å². The molecule has 7 heteroatoms. The van der Waals surface area contributed by atoms with Gasteiger partial charge in [-0.2, -0.15) is 0 Å². The van der Waals surface area contributed by atoms with Crippen LogP contribution in [0.1, 0.15) is 11.1 Å². The van der Waals surface area contributed by atoms with Crippen molar-refractivity contribution in [2.45, 2.75) is 0 Å². The van der Waals surface area contributed by atoms with Gasteiger partial charge in [-0.3, -0.25) is 9.69 Å². The topological polar surface area (TPSA) is 32.7 Å². The van der Waals surface area contributed by atoms with Gasteiger partial charge in [-0.1, -0.05) is 62.9 Å². The summed E-state index contributed by atoms with van der Waals surface area (Å²) in [6.45, 7) is 0. The summed E-state index contributed by atoms with van der Waals surface area (Å²) in [6, 6.07) is 19.8. The van der Waals surface area contributed by atoms with Crippen molar-refractivity contribution in [3.8, 4) is 0 Å². The van der Waals surface area contributed by atoms with Gasteiger partial charge in [0.25, 0.3) is 5.91 Å². The van der Waals surface area contributed by atoms with Crippen molar-refractivity contribution in [3.63, 3.8) is 0 Å². The van der Waals surface area contributed by atoms with E-state index in [1.165, 1.54) is 0 Å². The highest BCUT2D eigenvalue weighted by Gasteiger charge is 2.32. The van der Waals surface area contributed by atoms with E-state index in [2.05, 4.69) is 20.9 Å². The standard InChI is InChI=1S/C22H12BrCl3N2O/c23-15-2-1-3-18(11-15)28-21(13-4-7-16(24)8-5-13)27-20(22(28)29)10-14-6-9-17(25)12-19(14)26/h1-12H/b20-10+. The summed E-state index contributed by atoms with van der Waals surface area (Å²) in [7, 11) is 0. The lowest BCUT2D eigenvalue weighted by molar-refractivity contribution is -0.113. The van der Waals surface area contributed by atoms with Crippen LogP contribution in [0.4, 0.5) is 5.69 Å². The molecule has 29 heavy (non-hydrogen) atoms. The molecule has 3 aromatic carbocycles. The van der Waals surface area contributed by atoms with Gasteiger partial charge in [0.15, 0.2) is 0 Å². The number of amides is 1. The molecule has 1 amide bonds. The van der Waals surface area contributed by atoms with E-state index in [4.69, 9.17) is 34.8 Å². The molecule has 0 aromatic heterocycles. The number of hydrogen-bond acceptors (Lipinski definition) is 2. The Hall–Kier alpha value is -2.11. The molecule has 0 radical (unpaired) electrons. The second-order valence-electron chi connectivity index (χ2n) is 6.26. The highest BCUT2D eigenvalue weighted by atomic mass is 79.9. The van der Waals surface area contributed by atoms with Gasteiger partial charge in [0.2, 0.25) is 0 Å². The maximum atomic E-state index is 13.3. The normalized spacial score (nSPS) is 15.2. The molecule has 0 saturated carbocycles. The minimum atomic E-state index is -0.251. The van der Waals surface area contributed by atoms with Gasteiger partial charge in [0.05, 0.1) is 5.69 Å². The predicted molar refractivity (Wildman–Crippen MR) is 124 cm³/mol. The van der Waals surface area contributed by atoms with Gasteiger partial charge in [0, 0.05) is 25.1 Å². The number of carbonyl (C=O) groups excluding carboxylic acids is 1. The molecule has 0 aliphatic carbocycles. The molecule has 1 heterocycles. The van der Waals surface area contributed by atoms with Crippen molar-refractivity contribution in [1.82, 2.24) is 0 Å². The van der Waals surface area contributed by atoms with Crippen LogP contribution in [0.3, 0.4) is 0 Å². The van der Waals surface area contributed by atoms with E-state index < -0.39 is 0 Å². The van der Waals surface area contributed by atoms with Crippen LogP contribution in [0.25, 0.3) is 6.08 Å². The van der Waals surface area contributed by atoms with Crippen molar-refractivity contribution < 1.29 is 4.79 Å². The zero-order chi connectivity index (χ0) is 20.5. The van der Waals surface area contributed by atoms with Crippen LogP contribution in [0, 0.1) is 0 Å². The van der Waals surface area contributed by atoms with Crippen LogP contribution in [-0.4, -0.2) is 11.7 Å². The highest BCUT2D eigenvalue weighted by Crippen LogP contribution is 2.31. The lowest BCUT2D eigenvalue weighted by Crippen LogP contribution is -2.32. The predicted octanol–water partition coefficient (Wildman–Crippen LogP) is 7.24. The molecule has 0 spiro atoms. The van der Waals surface area contributed by atoms with Crippen LogP contribution in [-0.2, 0) is 4.79 Å². The molecule has 3 nitrogen and oxygen atoms in total. The molecule has 0 unspecified atom stereocenters. The van der Waals surface area contributed by atoms with E-state index in [0.717, 1.165) is 10.0 Å². The molecular formula is C22H12BrCl3N2O. The summed E-state index contributed by atoms with van der Waals surface area (Å²) in [5.41, 5.74) is 2.41. The average Bonchev–Trinajstić information content (AvgIpc) is 3.01. The van der Waals surface area contributed by atoms with Gasteiger partial charge in [-0.15, -0.1) is 0 Å². The second-order valence-corrected chi connectivity index (χ2v) is 8.45. The monoisotopic (exact) mass is 504 g/mol. The van der Waals surface area contributed by atoms with E-state index in [0.29, 0.717) is 32.2 Å². The SMILES string of the molecule is O=C1/C(=C\c2ccc(Cl)cc2Cl)N=C(c2ccc(Cl)cc2)N1c1cccc(Br)c1. The number of anilines is 1. The van der Waals surface area contributed by atoms with Crippen LogP contribution in [0.5, 0.6) is 0 Å². The van der Waals surface area contributed by atoms with E-state index in [1.807, 2.05) is 36.4 Å². The summed E-state index contributed by atoms with van der Waals surface area (Å²) in [6.07, 6.45) is 1.66. The van der Waals surface area contributed by atoms with Gasteiger partial charge in [-0.05, 0) is 66.2 Å². The third-order valence-electron chi connectivity index (χ3n) is 4.28. The molecule has 0 atom stereocenters. The summed E-state index contributed by atoms with van der Waals surface area (Å²) in [5.74, 6) is 0.264. The third kappa shape index (κ3) is 4.26. The first-order chi connectivity index (χ1) is 13.9. The Morgan fingerprint density at radius 1 is 0.897 bits per heavy atom. The average molecular weight is 507 g/mol. The molecule has 3 aromatic rings. The Bertz CT molecular complexity index is 1170. The Morgan fingerprint density at radius 2 is 1.62 bits per heavy atom. The smallest absolute Gasteiger partial charge is 0.266 e. The fourth-order valence-electron chi connectivity index (χ4n) is 2.93. The molecule has 0 saturated heterocycles. The van der Waals surface area contributed by atoms with Gasteiger partial charge in [-0.25, -0.2) is 4.99 Å². The number of amidine groups is 1. The maximum absolute atomic E-state index is 13.3. The van der Waals surface area contributed by atoms with Crippen molar-refractivity contribution in [1.29, 1.82) is 0 Å². The zero-order valence-electron chi connectivity index (χ0n) is 14.7. The first kappa shape index (κ1) is 20.2. The molecule has 0 N–H and O–H groups in total. The quantitative estimate of drug-likeness (QED) is 0.345. The Labute approximate surface area is 191 Å². The number of aliphatic imine (C=N–C) groups is 1. The lowest BCUT2D eigenvalue weighted by Gasteiger charge is -2.19. The number of rotatable bonds is 3. The fraction of sp³-hybridized carbons (Fsp3) is 0. The maximum Gasteiger partial charge on any atom is 0.282 e. The summed E-state index contributed by atoms with van der Waals surface area (Å²) in [4.78, 5) is 19.5. The molecule has 0 bridgehead atoms. The minimum absolute atomic E-state index is 0.251. The van der Waals surface area contributed by atoms with E-state index in [9.17, 15) is 4.79 Å². The summed E-state index contributed by atoms with van der Waals surface area (Å²) in [5, 5.41) is 1.58. The van der Waals surface area contributed by atoms with Gasteiger partial charge in [0.1, 0.15) is 11.5 Å². The lowest BCUT2D eigenvalue weighted by atomic mass is 10.1. The Kier molecular flexibility index (Phi) is 5.79. The summed E-state index contributed by atoms with van der Waals surface area (Å²) >= 11 is 21.7. The van der Waals surface area contributed by atoms with Crippen molar-refractivity contribution >= 4 is 74.2 Å². The van der Waals surface area contributed by atoms with Crippen molar-refractivity contribution in [2.24, 2.45) is 4.99 Å². The third-order valence-corrected chi connectivity index (χ3v) is 5.59. The number of benzene rings is 3. The van der Waals surface area contributed by atoms with Crippen LogP contribution in [0.15, 0.2) is 81.9 Å². The second kappa shape index (κ2) is 8.33. The van der Waals surface area contributed by atoms with Crippen LogP contribution in [0.2, 0.25) is 15.1 Å². The van der Waals surface area contributed by atoms with Crippen molar-refractivity contribution in [3.05, 3.63) is 103 Å². The van der Waals surface area contributed by atoms with Crippen LogP contribution < -0.4 is 4.90 Å². The van der Waals surface area contributed by atoms with E-state index in [-0.39, 0.29) is 11.6 Å². The first-order valence-electron chi connectivity index (χ1n) is 8.54.